The average molecular weight is 255 g/mol. The van der Waals surface area contributed by atoms with Crippen molar-refractivity contribution in [3.8, 4) is 0 Å². The van der Waals surface area contributed by atoms with E-state index in [1.165, 1.54) is 0 Å². The van der Waals surface area contributed by atoms with E-state index in [2.05, 4.69) is 32.0 Å². The van der Waals surface area contributed by atoms with Gasteiger partial charge in [-0.1, -0.05) is 56.3 Å². The van der Waals surface area contributed by atoms with E-state index in [9.17, 15) is 4.57 Å². The highest BCUT2D eigenvalue weighted by Crippen LogP contribution is 2.31. The van der Waals surface area contributed by atoms with E-state index >= 15 is 0 Å². The molecule has 1 atom stereocenters. The average Bonchev–Trinajstić information content (AvgIpc) is 2.40. The first-order valence-corrected chi connectivity index (χ1v) is 6.94. The van der Waals surface area contributed by atoms with E-state index in [1.54, 1.807) is 0 Å². The maximum absolute atomic E-state index is 11.3. The summed E-state index contributed by atoms with van der Waals surface area (Å²) in [6.07, 6.45) is 0. The molecule has 2 rings (SSSR count). The van der Waals surface area contributed by atoms with Crippen LogP contribution in [0.25, 0.3) is 0 Å². The van der Waals surface area contributed by atoms with Gasteiger partial charge in [0.2, 0.25) is 0 Å². The minimum Gasteiger partial charge on any atom is -0.269 e. The van der Waals surface area contributed by atoms with Crippen molar-refractivity contribution in [1.29, 1.82) is 0 Å². The topological polar surface area (TPSA) is 17.1 Å². The van der Waals surface area contributed by atoms with Crippen molar-refractivity contribution in [1.82, 2.24) is 0 Å². The zero-order valence-corrected chi connectivity index (χ0v) is 11.5. The second-order valence-electron chi connectivity index (χ2n) is 4.69. The molecule has 0 N–H and O–H groups in total. The predicted molar refractivity (Wildman–Crippen MR) is 75.6 cm³/mol. The fraction of sp³-hybridized carbons (Fsp3) is 0.250. The molecule has 0 bridgehead atoms. The van der Waals surface area contributed by atoms with Gasteiger partial charge in [0.15, 0.2) is 8.46 Å². The lowest BCUT2D eigenvalue weighted by atomic mass is 9.82. The zero-order valence-electron chi connectivity index (χ0n) is 10.6. The maximum atomic E-state index is 11.3. The van der Waals surface area contributed by atoms with Gasteiger partial charge in [-0.25, -0.2) is 0 Å². The van der Waals surface area contributed by atoms with Crippen LogP contribution in [0, 0.1) is 12.0 Å². The van der Waals surface area contributed by atoms with E-state index in [0.29, 0.717) is 5.92 Å². The third kappa shape index (κ3) is 2.68. The summed E-state index contributed by atoms with van der Waals surface area (Å²) >= 11 is 0. The van der Waals surface area contributed by atoms with Crippen molar-refractivity contribution in [2.45, 2.75) is 19.8 Å². The highest BCUT2D eigenvalue weighted by molar-refractivity contribution is 7.34. The summed E-state index contributed by atoms with van der Waals surface area (Å²) in [7, 11) is 0.0837. The fourth-order valence-electron chi connectivity index (χ4n) is 2.32. The Balaban J connectivity index is 2.52. The molecule has 2 aromatic rings. The normalized spacial score (nSPS) is 12.8. The van der Waals surface area contributed by atoms with Crippen molar-refractivity contribution in [3.05, 3.63) is 65.7 Å². The third-order valence-corrected chi connectivity index (χ3v) is 3.71. The smallest absolute Gasteiger partial charge is 0.192 e. The van der Waals surface area contributed by atoms with Gasteiger partial charge in [0.25, 0.3) is 0 Å². The molecule has 1 unspecified atom stereocenters. The molecule has 2 heteroatoms. The first-order chi connectivity index (χ1) is 8.74. The zero-order chi connectivity index (χ0) is 13.0. The Kier molecular flexibility index (Phi) is 4.28. The van der Waals surface area contributed by atoms with Crippen LogP contribution < -0.4 is 5.30 Å². The van der Waals surface area contributed by atoms with Gasteiger partial charge in [-0.15, -0.1) is 0 Å². The fourth-order valence-corrected chi connectivity index (χ4v) is 2.79. The van der Waals surface area contributed by atoms with Crippen LogP contribution in [-0.2, 0) is 4.57 Å². The van der Waals surface area contributed by atoms with Gasteiger partial charge in [0, 0.05) is 11.2 Å². The molecule has 0 saturated carbocycles. The van der Waals surface area contributed by atoms with Gasteiger partial charge in [0.1, 0.15) is 0 Å². The Hall–Kier alpha value is -1.46. The van der Waals surface area contributed by atoms with Gasteiger partial charge in [0.05, 0.1) is 0 Å². The largest absolute Gasteiger partial charge is 0.269 e. The summed E-state index contributed by atoms with van der Waals surface area (Å²) < 4.78 is 11.3. The van der Waals surface area contributed by atoms with Gasteiger partial charge in [-0.05, 0) is 29.2 Å². The van der Waals surface area contributed by atoms with Crippen LogP contribution in [0.3, 0.4) is 0 Å². The van der Waals surface area contributed by atoms with Crippen LogP contribution in [0.2, 0.25) is 0 Å². The molecule has 0 spiro atoms. The molecule has 0 aliphatic carbocycles. The summed E-state index contributed by atoms with van der Waals surface area (Å²) in [5.41, 5.74) is 2.29. The summed E-state index contributed by atoms with van der Waals surface area (Å²) in [6, 6.07) is 19.2. The Morgan fingerprint density at radius 3 is 2.39 bits per heavy atom. The Morgan fingerprint density at radius 2 is 1.78 bits per heavy atom. The summed E-state index contributed by atoms with van der Waals surface area (Å²) in [6.45, 7) is 4.37. The molecule has 0 fully saturated rings. The summed E-state index contributed by atoms with van der Waals surface area (Å²) in [5.74, 6) is 0.676. The van der Waals surface area contributed by atoms with E-state index in [0.717, 1.165) is 16.4 Å². The number of benzene rings is 2. The second-order valence-corrected chi connectivity index (χ2v) is 5.35. The number of rotatable bonds is 4. The lowest BCUT2D eigenvalue weighted by molar-refractivity contribution is 0.564. The summed E-state index contributed by atoms with van der Waals surface area (Å²) in [5, 5.41) is 0.869. The molecule has 0 aliphatic rings. The van der Waals surface area contributed by atoms with Crippen molar-refractivity contribution >= 4 is 13.8 Å². The molecule has 91 valence electrons. The van der Waals surface area contributed by atoms with Crippen LogP contribution in [0.1, 0.15) is 30.9 Å². The highest BCUT2D eigenvalue weighted by Gasteiger charge is 2.20. The van der Waals surface area contributed by atoms with Crippen molar-refractivity contribution < 1.29 is 4.57 Å². The molecule has 0 saturated heterocycles. The molecule has 2 aromatic carbocycles. The van der Waals surface area contributed by atoms with Crippen LogP contribution in [0.5, 0.6) is 0 Å². The van der Waals surface area contributed by atoms with Crippen molar-refractivity contribution in [3.63, 3.8) is 0 Å². The van der Waals surface area contributed by atoms with Crippen molar-refractivity contribution in [2.75, 3.05) is 0 Å². The van der Waals surface area contributed by atoms with E-state index in [-0.39, 0.29) is 14.4 Å². The molecule has 0 aliphatic heterocycles. The second kappa shape index (κ2) is 5.93. The standard InChI is InChI=1S/C16H16OP/c1-12(2)16(13-8-4-3-5-9-13)14-10-6-7-11-15(14)18-17/h3-8,10-12,16H,1-2H3. The molecule has 1 nitrogen and oxygen atoms in total. The molecule has 0 heterocycles. The van der Waals surface area contributed by atoms with Gasteiger partial charge >= 0.3 is 0 Å². The minimum absolute atomic E-state index is 0.0837. The maximum Gasteiger partial charge on any atom is 0.192 e. The number of hydrogen-bond acceptors (Lipinski definition) is 1. The lowest BCUT2D eigenvalue weighted by Crippen LogP contribution is -2.15. The van der Waals surface area contributed by atoms with E-state index < -0.39 is 0 Å². The minimum atomic E-state index is 0.0837. The van der Waals surface area contributed by atoms with Crippen LogP contribution in [-0.4, -0.2) is 0 Å². The molecule has 0 amide bonds. The Labute approximate surface area is 110 Å². The third-order valence-electron chi connectivity index (χ3n) is 3.11. The predicted octanol–water partition coefficient (Wildman–Crippen LogP) is 4.19. The lowest BCUT2D eigenvalue weighted by Gasteiger charge is -2.22. The Bertz CT molecular complexity index is 520. The molecule has 1 radical (unpaired) electrons. The van der Waals surface area contributed by atoms with Crippen LogP contribution in [0.4, 0.5) is 0 Å². The Morgan fingerprint density at radius 1 is 1.06 bits per heavy atom. The first-order valence-electron chi connectivity index (χ1n) is 6.13. The van der Waals surface area contributed by atoms with E-state index in [4.69, 9.17) is 0 Å². The SMILES string of the molecule is CC(C)C(c1[c]cccc1)c1ccccc1P=O. The van der Waals surface area contributed by atoms with Crippen LogP contribution in [0.15, 0.2) is 48.5 Å². The van der Waals surface area contributed by atoms with Gasteiger partial charge < -0.3 is 0 Å². The van der Waals surface area contributed by atoms with Gasteiger partial charge in [-0.3, -0.25) is 4.57 Å². The van der Waals surface area contributed by atoms with Gasteiger partial charge in [-0.2, -0.15) is 0 Å². The summed E-state index contributed by atoms with van der Waals surface area (Å²) in [4.78, 5) is 0. The van der Waals surface area contributed by atoms with E-state index in [1.807, 2.05) is 36.4 Å². The van der Waals surface area contributed by atoms with Crippen LogP contribution >= 0.6 is 8.46 Å². The molecular formula is C16H16OP. The molecule has 18 heavy (non-hydrogen) atoms. The molecule has 0 aromatic heterocycles. The van der Waals surface area contributed by atoms with Crippen molar-refractivity contribution in [2.24, 2.45) is 5.92 Å². The highest BCUT2D eigenvalue weighted by atomic mass is 31.1. The number of hydrogen-bond donors (Lipinski definition) is 0. The first kappa shape index (κ1) is 13.0. The monoisotopic (exact) mass is 255 g/mol. The quantitative estimate of drug-likeness (QED) is 0.748. The molecular weight excluding hydrogens is 239 g/mol.